The third kappa shape index (κ3) is 2.73. The summed E-state index contributed by atoms with van der Waals surface area (Å²) in [7, 11) is -4.10. The molecule has 0 saturated heterocycles. The van der Waals surface area contributed by atoms with Crippen LogP contribution in [0.4, 0.5) is 5.69 Å². The van der Waals surface area contributed by atoms with Gasteiger partial charge in [-0.15, -0.1) is 0 Å². The number of rotatable bonds is 4. The minimum absolute atomic E-state index is 0.0874. The lowest BCUT2D eigenvalue weighted by Crippen LogP contribution is -2.15. The summed E-state index contributed by atoms with van der Waals surface area (Å²) in [6.45, 7) is 0. The van der Waals surface area contributed by atoms with E-state index in [0.717, 1.165) is 10.9 Å². The van der Waals surface area contributed by atoms with Gasteiger partial charge in [0.2, 0.25) is 15.7 Å². The van der Waals surface area contributed by atoms with E-state index < -0.39 is 32.3 Å². The molecule has 0 fully saturated rings. The number of nitro groups is 1. The molecular formula is C10H8N4O6S. The summed E-state index contributed by atoms with van der Waals surface area (Å²) in [4.78, 5) is 20.5. The maximum atomic E-state index is 11.5. The highest BCUT2D eigenvalue weighted by Crippen LogP contribution is 2.23. The van der Waals surface area contributed by atoms with Gasteiger partial charge in [0.25, 0.3) is 0 Å². The molecule has 0 spiro atoms. The van der Waals surface area contributed by atoms with E-state index in [9.17, 15) is 23.3 Å². The predicted molar refractivity (Wildman–Crippen MR) is 68.6 cm³/mol. The average Bonchev–Trinajstić information content (AvgIpc) is 2.83. The van der Waals surface area contributed by atoms with Crippen molar-refractivity contribution in [3.63, 3.8) is 0 Å². The van der Waals surface area contributed by atoms with E-state index in [4.69, 9.17) is 10.2 Å². The van der Waals surface area contributed by atoms with E-state index in [1.165, 1.54) is 24.3 Å². The molecule has 110 valence electrons. The quantitative estimate of drug-likeness (QED) is 0.599. The van der Waals surface area contributed by atoms with Crippen LogP contribution in [0.15, 0.2) is 35.4 Å². The summed E-state index contributed by atoms with van der Waals surface area (Å²) in [6, 6.07) is 5.33. The number of primary sulfonamides is 1. The SMILES string of the molecule is NS(=O)(=O)c1ccccc1-n1cc([N+](=O)[O-])c(C(=O)O)n1. The Morgan fingerprint density at radius 2 is 2.00 bits per heavy atom. The van der Waals surface area contributed by atoms with Crippen LogP contribution < -0.4 is 5.14 Å². The number of sulfonamides is 1. The summed E-state index contributed by atoms with van der Waals surface area (Å²) in [5.41, 5.74) is -1.65. The van der Waals surface area contributed by atoms with Gasteiger partial charge >= 0.3 is 11.7 Å². The maximum Gasteiger partial charge on any atom is 0.363 e. The van der Waals surface area contributed by atoms with Crippen molar-refractivity contribution in [1.82, 2.24) is 9.78 Å². The van der Waals surface area contributed by atoms with Gasteiger partial charge in [0, 0.05) is 0 Å². The fraction of sp³-hybridized carbons (Fsp3) is 0. The molecule has 0 bridgehead atoms. The number of benzene rings is 1. The van der Waals surface area contributed by atoms with Crippen LogP contribution in [-0.4, -0.2) is 34.2 Å². The maximum absolute atomic E-state index is 11.5. The lowest BCUT2D eigenvalue weighted by Gasteiger charge is -2.06. The predicted octanol–water partition coefficient (Wildman–Crippen LogP) is 0.126. The van der Waals surface area contributed by atoms with Gasteiger partial charge in [-0.05, 0) is 12.1 Å². The van der Waals surface area contributed by atoms with E-state index in [1.54, 1.807) is 0 Å². The Labute approximate surface area is 117 Å². The first-order valence-corrected chi connectivity index (χ1v) is 6.86. The van der Waals surface area contributed by atoms with Crippen LogP contribution in [0.25, 0.3) is 5.69 Å². The molecule has 3 N–H and O–H groups in total. The van der Waals surface area contributed by atoms with Gasteiger partial charge in [0.1, 0.15) is 11.1 Å². The van der Waals surface area contributed by atoms with Crippen molar-refractivity contribution < 1.29 is 23.2 Å². The van der Waals surface area contributed by atoms with Crippen LogP contribution in [0.3, 0.4) is 0 Å². The van der Waals surface area contributed by atoms with E-state index in [1.807, 2.05) is 0 Å². The highest BCUT2D eigenvalue weighted by molar-refractivity contribution is 7.89. The lowest BCUT2D eigenvalue weighted by atomic mass is 10.3. The Balaban J connectivity index is 2.72. The molecule has 0 aliphatic carbocycles. The molecule has 2 aromatic rings. The molecule has 11 heteroatoms. The number of para-hydroxylation sites is 1. The van der Waals surface area contributed by atoms with Crippen LogP contribution in [-0.2, 0) is 10.0 Å². The molecule has 1 heterocycles. The molecule has 2 rings (SSSR count). The molecule has 1 aromatic heterocycles. The highest BCUT2D eigenvalue weighted by Gasteiger charge is 2.27. The second-order valence-electron chi connectivity index (χ2n) is 3.88. The van der Waals surface area contributed by atoms with E-state index in [0.29, 0.717) is 0 Å². The van der Waals surface area contributed by atoms with Crippen LogP contribution >= 0.6 is 0 Å². The molecule has 0 amide bonds. The first kappa shape index (κ1) is 14.6. The first-order valence-electron chi connectivity index (χ1n) is 5.31. The number of hydrogen-bond acceptors (Lipinski definition) is 6. The van der Waals surface area contributed by atoms with Crippen LogP contribution in [0.1, 0.15) is 10.5 Å². The molecule has 0 radical (unpaired) electrons. The van der Waals surface area contributed by atoms with Crippen molar-refractivity contribution in [3.8, 4) is 5.69 Å². The fourth-order valence-electron chi connectivity index (χ4n) is 1.66. The number of aromatic carboxylic acids is 1. The number of nitrogens with zero attached hydrogens (tertiary/aromatic N) is 3. The van der Waals surface area contributed by atoms with Crippen molar-refractivity contribution >= 4 is 21.7 Å². The second kappa shape index (κ2) is 4.96. The average molecular weight is 312 g/mol. The van der Waals surface area contributed by atoms with Gasteiger partial charge in [0.15, 0.2) is 0 Å². The number of aromatic nitrogens is 2. The minimum Gasteiger partial charge on any atom is -0.476 e. The zero-order valence-corrected chi connectivity index (χ0v) is 11.0. The van der Waals surface area contributed by atoms with E-state index in [-0.39, 0.29) is 10.6 Å². The molecule has 0 aliphatic rings. The largest absolute Gasteiger partial charge is 0.476 e. The van der Waals surface area contributed by atoms with Gasteiger partial charge in [-0.25, -0.2) is 23.0 Å². The molecule has 0 unspecified atom stereocenters. The summed E-state index contributed by atoms with van der Waals surface area (Å²) in [5.74, 6) is -1.60. The molecule has 21 heavy (non-hydrogen) atoms. The van der Waals surface area contributed by atoms with Gasteiger partial charge in [0.05, 0.1) is 10.6 Å². The van der Waals surface area contributed by atoms with Crippen LogP contribution in [0.2, 0.25) is 0 Å². The van der Waals surface area contributed by atoms with Gasteiger partial charge in [-0.3, -0.25) is 10.1 Å². The Kier molecular flexibility index (Phi) is 3.45. The Morgan fingerprint density at radius 3 is 2.48 bits per heavy atom. The first-order chi connectivity index (χ1) is 9.71. The standard InChI is InChI=1S/C10H8N4O6S/c11-21(19,20)8-4-2-1-3-6(8)13-5-7(14(17)18)9(12-13)10(15)16/h1-5H,(H,15,16)(H2,11,19,20). The smallest absolute Gasteiger partial charge is 0.363 e. The third-order valence-corrected chi connectivity index (χ3v) is 3.47. The monoisotopic (exact) mass is 312 g/mol. The molecule has 0 saturated carbocycles. The van der Waals surface area contributed by atoms with Gasteiger partial charge in [-0.2, -0.15) is 5.10 Å². The number of carboxylic acid groups (broad SMARTS) is 1. The van der Waals surface area contributed by atoms with Crippen molar-refractivity contribution in [2.75, 3.05) is 0 Å². The molecule has 10 nitrogen and oxygen atoms in total. The number of nitrogens with two attached hydrogens (primary N) is 1. The van der Waals surface area contributed by atoms with Crippen molar-refractivity contribution in [1.29, 1.82) is 0 Å². The minimum atomic E-state index is -4.10. The Bertz CT molecular complexity index is 809. The van der Waals surface area contributed by atoms with Crippen LogP contribution in [0, 0.1) is 10.1 Å². The van der Waals surface area contributed by atoms with E-state index >= 15 is 0 Å². The van der Waals surface area contributed by atoms with Crippen molar-refractivity contribution in [3.05, 3.63) is 46.3 Å². The lowest BCUT2D eigenvalue weighted by molar-refractivity contribution is -0.385. The Morgan fingerprint density at radius 1 is 1.38 bits per heavy atom. The topological polar surface area (TPSA) is 158 Å². The summed E-state index contributed by atoms with van der Waals surface area (Å²) < 4.78 is 23.7. The molecule has 1 aromatic carbocycles. The summed E-state index contributed by atoms with van der Waals surface area (Å²) >= 11 is 0. The van der Waals surface area contributed by atoms with Gasteiger partial charge < -0.3 is 5.11 Å². The zero-order valence-electron chi connectivity index (χ0n) is 10.2. The molecular weight excluding hydrogens is 304 g/mol. The number of hydrogen-bond donors (Lipinski definition) is 2. The van der Waals surface area contributed by atoms with Crippen molar-refractivity contribution in [2.45, 2.75) is 4.90 Å². The summed E-state index contributed by atoms with van der Waals surface area (Å²) in [6.07, 6.45) is 0.813. The van der Waals surface area contributed by atoms with Crippen molar-refractivity contribution in [2.24, 2.45) is 5.14 Å². The van der Waals surface area contributed by atoms with E-state index in [2.05, 4.69) is 5.10 Å². The highest BCUT2D eigenvalue weighted by atomic mass is 32.2. The molecule has 0 aliphatic heterocycles. The normalized spacial score (nSPS) is 11.3. The van der Waals surface area contributed by atoms with Gasteiger partial charge in [-0.1, -0.05) is 12.1 Å². The second-order valence-corrected chi connectivity index (χ2v) is 5.41. The zero-order chi connectivity index (χ0) is 15.8. The third-order valence-electron chi connectivity index (χ3n) is 2.51. The number of carbonyl (C=O) groups is 1. The Hall–Kier alpha value is -2.79. The molecule has 0 atom stereocenters. The van der Waals surface area contributed by atoms with Crippen LogP contribution in [0.5, 0.6) is 0 Å². The number of carboxylic acids is 1. The summed E-state index contributed by atoms with van der Waals surface area (Å²) in [5, 5.41) is 28.3. The fourth-order valence-corrected chi connectivity index (χ4v) is 2.38.